The summed E-state index contributed by atoms with van der Waals surface area (Å²) in [6, 6.07) is 8.61. The standard InChI is InChI=1S/C15H21N5O/c1-3-15(2)10-13(8-9-21-15)17-12-4-6-14(7-5-12)20-11-16-18-19-20/h4-7,11,13,17H,3,8-10H2,1-2H3. The van der Waals surface area contributed by atoms with Crippen LogP contribution in [-0.2, 0) is 4.74 Å². The normalized spacial score (nSPS) is 25.7. The van der Waals surface area contributed by atoms with Crippen molar-refractivity contribution in [2.24, 2.45) is 0 Å². The largest absolute Gasteiger partial charge is 0.382 e. The van der Waals surface area contributed by atoms with Crippen LogP contribution in [0.2, 0.25) is 0 Å². The molecule has 2 aromatic rings. The lowest BCUT2D eigenvalue weighted by atomic mass is 9.90. The molecule has 1 saturated heterocycles. The maximum Gasteiger partial charge on any atom is 0.143 e. The van der Waals surface area contributed by atoms with Gasteiger partial charge in [0.15, 0.2) is 0 Å². The van der Waals surface area contributed by atoms with E-state index in [4.69, 9.17) is 4.74 Å². The van der Waals surface area contributed by atoms with Crippen molar-refractivity contribution in [1.29, 1.82) is 0 Å². The van der Waals surface area contributed by atoms with E-state index in [9.17, 15) is 0 Å². The fourth-order valence-corrected chi connectivity index (χ4v) is 2.73. The smallest absolute Gasteiger partial charge is 0.143 e. The third kappa shape index (κ3) is 3.21. The van der Waals surface area contributed by atoms with Crippen molar-refractivity contribution >= 4 is 5.69 Å². The van der Waals surface area contributed by atoms with Crippen LogP contribution in [0.4, 0.5) is 5.69 Å². The van der Waals surface area contributed by atoms with Crippen LogP contribution < -0.4 is 5.32 Å². The van der Waals surface area contributed by atoms with Crippen LogP contribution in [0.5, 0.6) is 0 Å². The van der Waals surface area contributed by atoms with E-state index in [-0.39, 0.29) is 5.60 Å². The van der Waals surface area contributed by atoms with Gasteiger partial charge in [-0.3, -0.25) is 0 Å². The van der Waals surface area contributed by atoms with Crippen LogP contribution in [0.3, 0.4) is 0 Å². The first-order valence-corrected chi connectivity index (χ1v) is 7.42. The molecule has 2 heterocycles. The second-order valence-electron chi connectivity index (χ2n) is 5.79. The first-order chi connectivity index (χ1) is 10.2. The molecule has 21 heavy (non-hydrogen) atoms. The molecule has 3 rings (SSSR count). The summed E-state index contributed by atoms with van der Waals surface area (Å²) in [5.74, 6) is 0. The molecule has 0 radical (unpaired) electrons. The van der Waals surface area contributed by atoms with Gasteiger partial charge in [0.05, 0.1) is 11.3 Å². The topological polar surface area (TPSA) is 64.9 Å². The quantitative estimate of drug-likeness (QED) is 0.935. The minimum Gasteiger partial charge on any atom is -0.382 e. The first kappa shape index (κ1) is 14.0. The summed E-state index contributed by atoms with van der Waals surface area (Å²) in [6.45, 7) is 5.20. The van der Waals surface area contributed by atoms with Crippen molar-refractivity contribution in [3.05, 3.63) is 30.6 Å². The molecular weight excluding hydrogens is 266 g/mol. The molecular formula is C15H21N5O. The van der Waals surface area contributed by atoms with Crippen molar-refractivity contribution in [2.75, 3.05) is 11.9 Å². The van der Waals surface area contributed by atoms with Gasteiger partial charge in [0.25, 0.3) is 0 Å². The van der Waals surface area contributed by atoms with Crippen molar-refractivity contribution in [2.45, 2.75) is 44.8 Å². The molecule has 1 aromatic heterocycles. The predicted molar refractivity (Wildman–Crippen MR) is 80.4 cm³/mol. The lowest BCUT2D eigenvalue weighted by Crippen LogP contribution is -2.41. The van der Waals surface area contributed by atoms with Gasteiger partial charge in [0.2, 0.25) is 0 Å². The Kier molecular flexibility index (Phi) is 3.88. The van der Waals surface area contributed by atoms with Crippen molar-refractivity contribution in [1.82, 2.24) is 20.2 Å². The Hall–Kier alpha value is -1.95. The van der Waals surface area contributed by atoms with E-state index in [1.54, 1.807) is 11.0 Å². The van der Waals surface area contributed by atoms with Crippen molar-refractivity contribution < 1.29 is 4.74 Å². The van der Waals surface area contributed by atoms with Gasteiger partial charge in [-0.1, -0.05) is 6.92 Å². The van der Waals surface area contributed by atoms with E-state index in [0.29, 0.717) is 6.04 Å². The summed E-state index contributed by atoms with van der Waals surface area (Å²) in [6.07, 6.45) is 4.72. The van der Waals surface area contributed by atoms with Crippen molar-refractivity contribution in [3.63, 3.8) is 0 Å². The number of aromatic nitrogens is 4. The highest BCUT2D eigenvalue weighted by atomic mass is 16.5. The molecule has 112 valence electrons. The van der Waals surface area contributed by atoms with Gasteiger partial charge in [0.1, 0.15) is 6.33 Å². The molecule has 0 saturated carbocycles. The van der Waals surface area contributed by atoms with Gasteiger partial charge < -0.3 is 10.1 Å². The van der Waals surface area contributed by atoms with E-state index < -0.39 is 0 Å². The molecule has 2 unspecified atom stereocenters. The van der Waals surface area contributed by atoms with E-state index in [0.717, 1.165) is 37.2 Å². The third-order valence-corrected chi connectivity index (χ3v) is 4.19. The maximum absolute atomic E-state index is 5.89. The Morgan fingerprint density at radius 1 is 1.38 bits per heavy atom. The zero-order valence-corrected chi connectivity index (χ0v) is 12.5. The summed E-state index contributed by atoms with van der Waals surface area (Å²) in [4.78, 5) is 0. The summed E-state index contributed by atoms with van der Waals surface area (Å²) in [7, 11) is 0. The summed E-state index contributed by atoms with van der Waals surface area (Å²) in [5, 5.41) is 14.8. The van der Waals surface area contributed by atoms with Crippen LogP contribution in [0.15, 0.2) is 30.6 Å². The monoisotopic (exact) mass is 287 g/mol. The average Bonchev–Trinajstić information content (AvgIpc) is 3.02. The van der Waals surface area contributed by atoms with Gasteiger partial charge in [-0.05, 0) is 60.9 Å². The van der Waals surface area contributed by atoms with Crippen LogP contribution in [0.25, 0.3) is 5.69 Å². The summed E-state index contributed by atoms with van der Waals surface area (Å²) < 4.78 is 7.53. The molecule has 6 heteroatoms. The second kappa shape index (κ2) is 5.81. The molecule has 1 fully saturated rings. The summed E-state index contributed by atoms with van der Waals surface area (Å²) in [5.41, 5.74) is 2.08. The van der Waals surface area contributed by atoms with Crippen LogP contribution in [-0.4, -0.2) is 38.5 Å². The Balaban J connectivity index is 1.65. The fraction of sp³-hybridized carbons (Fsp3) is 0.533. The molecule has 1 aliphatic heterocycles. The number of nitrogens with one attached hydrogen (secondary N) is 1. The molecule has 0 aliphatic carbocycles. The van der Waals surface area contributed by atoms with E-state index >= 15 is 0 Å². The van der Waals surface area contributed by atoms with E-state index in [1.807, 2.05) is 12.1 Å². The Bertz CT molecular complexity index is 568. The predicted octanol–water partition coefficient (Wildman–Crippen LogP) is 2.42. The highest BCUT2D eigenvalue weighted by molar-refractivity contribution is 5.49. The van der Waals surface area contributed by atoms with Crippen LogP contribution in [0, 0.1) is 0 Å². The van der Waals surface area contributed by atoms with Gasteiger partial charge in [-0.15, -0.1) is 5.10 Å². The van der Waals surface area contributed by atoms with Crippen LogP contribution >= 0.6 is 0 Å². The Labute approximate surface area is 124 Å². The fourth-order valence-electron chi connectivity index (χ4n) is 2.73. The molecule has 1 N–H and O–H groups in total. The number of benzene rings is 1. The number of ether oxygens (including phenoxy) is 1. The number of rotatable bonds is 4. The average molecular weight is 287 g/mol. The van der Waals surface area contributed by atoms with Gasteiger partial charge in [-0.2, -0.15) is 0 Å². The number of nitrogens with zero attached hydrogens (tertiary/aromatic N) is 4. The molecule has 2 atom stereocenters. The first-order valence-electron chi connectivity index (χ1n) is 7.42. The minimum absolute atomic E-state index is 0.00224. The minimum atomic E-state index is 0.00224. The lowest BCUT2D eigenvalue weighted by Gasteiger charge is -2.38. The van der Waals surface area contributed by atoms with Gasteiger partial charge in [0, 0.05) is 18.3 Å². The molecule has 0 bridgehead atoms. The molecule has 0 spiro atoms. The highest BCUT2D eigenvalue weighted by Crippen LogP contribution is 2.29. The third-order valence-electron chi connectivity index (χ3n) is 4.19. The SMILES string of the molecule is CCC1(C)CC(Nc2ccc(-n3cnnn3)cc2)CCO1. The molecule has 6 nitrogen and oxygen atoms in total. The molecule has 0 amide bonds. The highest BCUT2D eigenvalue weighted by Gasteiger charge is 2.31. The zero-order chi connectivity index (χ0) is 14.7. The molecule has 1 aliphatic rings. The van der Waals surface area contributed by atoms with Gasteiger partial charge >= 0.3 is 0 Å². The van der Waals surface area contributed by atoms with E-state index in [2.05, 4.69) is 46.8 Å². The zero-order valence-electron chi connectivity index (χ0n) is 12.5. The number of anilines is 1. The Morgan fingerprint density at radius 3 is 2.86 bits per heavy atom. The number of tetrazole rings is 1. The van der Waals surface area contributed by atoms with Crippen LogP contribution in [0.1, 0.15) is 33.1 Å². The van der Waals surface area contributed by atoms with E-state index in [1.165, 1.54) is 0 Å². The number of hydrogen-bond donors (Lipinski definition) is 1. The second-order valence-corrected chi connectivity index (χ2v) is 5.79. The maximum atomic E-state index is 5.89. The molecule has 1 aromatic carbocycles. The van der Waals surface area contributed by atoms with Crippen molar-refractivity contribution in [3.8, 4) is 5.69 Å². The summed E-state index contributed by atoms with van der Waals surface area (Å²) >= 11 is 0. The lowest BCUT2D eigenvalue weighted by molar-refractivity contribution is -0.0708. The van der Waals surface area contributed by atoms with Gasteiger partial charge in [-0.25, -0.2) is 4.68 Å². The Morgan fingerprint density at radius 2 is 2.19 bits per heavy atom. The number of hydrogen-bond acceptors (Lipinski definition) is 5.